The Morgan fingerprint density at radius 2 is 2.09 bits per heavy atom. The first kappa shape index (κ1) is 14.3. The summed E-state index contributed by atoms with van der Waals surface area (Å²) in [7, 11) is 1.80. The zero-order valence-corrected chi connectivity index (χ0v) is 13.9. The van der Waals surface area contributed by atoms with E-state index in [1.807, 2.05) is 31.2 Å². The maximum atomic E-state index is 12.6. The molecule has 0 spiro atoms. The summed E-state index contributed by atoms with van der Waals surface area (Å²) in [6.45, 7) is 2.87. The summed E-state index contributed by atoms with van der Waals surface area (Å²) in [6, 6.07) is 7.59. The average molecular weight is 327 g/mol. The van der Waals surface area contributed by atoms with Gasteiger partial charge in [-0.15, -0.1) is 10.2 Å². The Labute approximate surface area is 137 Å². The van der Waals surface area contributed by atoms with E-state index in [1.54, 1.807) is 23.0 Å². The molecule has 0 saturated carbocycles. The molecule has 0 amide bonds. The van der Waals surface area contributed by atoms with Crippen LogP contribution in [0.25, 0.3) is 10.9 Å². The number of aromatic nitrogens is 4. The zero-order valence-electron chi connectivity index (χ0n) is 13.1. The standard InChI is InChI=1S/C16H17N5OS/c1-10-18-19-16(23-10)21-9-5-8-13(21)14-17-12-7-4-3-6-11(12)15(22)20(14)2/h3-4,6-7,13H,5,8-9H2,1-2H3. The molecule has 6 nitrogen and oxygen atoms in total. The average Bonchev–Trinajstić information content (AvgIpc) is 3.19. The fourth-order valence-corrected chi connectivity index (χ4v) is 3.96. The number of benzene rings is 1. The monoisotopic (exact) mass is 327 g/mol. The van der Waals surface area contributed by atoms with E-state index in [1.165, 1.54) is 0 Å². The Kier molecular flexibility index (Phi) is 3.37. The summed E-state index contributed by atoms with van der Waals surface area (Å²) in [5.74, 6) is 0.805. The van der Waals surface area contributed by atoms with E-state index in [9.17, 15) is 4.79 Å². The van der Waals surface area contributed by atoms with E-state index in [0.29, 0.717) is 5.39 Å². The van der Waals surface area contributed by atoms with Crippen LogP contribution in [-0.4, -0.2) is 26.3 Å². The highest BCUT2D eigenvalue weighted by Gasteiger charge is 2.31. The predicted molar refractivity (Wildman–Crippen MR) is 91.0 cm³/mol. The highest BCUT2D eigenvalue weighted by Crippen LogP contribution is 2.36. The molecular formula is C16H17N5OS. The van der Waals surface area contributed by atoms with Crippen molar-refractivity contribution in [3.05, 3.63) is 45.5 Å². The minimum atomic E-state index is 0.00546. The van der Waals surface area contributed by atoms with Crippen molar-refractivity contribution in [1.29, 1.82) is 0 Å². The summed E-state index contributed by atoms with van der Waals surface area (Å²) in [5, 5.41) is 10.9. The maximum absolute atomic E-state index is 12.6. The van der Waals surface area contributed by atoms with Gasteiger partial charge in [0, 0.05) is 13.6 Å². The van der Waals surface area contributed by atoms with Gasteiger partial charge in [-0.1, -0.05) is 23.5 Å². The smallest absolute Gasteiger partial charge is 0.261 e. The van der Waals surface area contributed by atoms with Crippen LogP contribution in [0.4, 0.5) is 5.13 Å². The molecule has 0 N–H and O–H groups in total. The van der Waals surface area contributed by atoms with Crippen LogP contribution in [0.3, 0.4) is 0 Å². The van der Waals surface area contributed by atoms with Crippen LogP contribution in [0.5, 0.6) is 0 Å². The third kappa shape index (κ3) is 2.31. The number of fused-ring (bicyclic) bond motifs is 1. The van der Waals surface area contributed by atoms with Gasteiger partial charge in [0.05, 0.1) is 16.9 Å². The van der Waals surface area contributed by atoms with Crippen LogP contribution in [0.1, 0.15) is 29.7 Å². The lowest BCUT2D eigenvalue weighted by molar-refractivity contribution is 0.609. The highest BCUT2D eigenvalue weighted by atomic mass is 32.1. The molecule has 3 aromatic rings. The number of aryl methyl sites for hydroxylation is 1. The van der Waals surface area contributed by atoms with Crippen LogP contribution in [0.2, 0.25) is 0 Å². The summed E-state index contributed by atoms with van der Waals surface area (Å²) in [6.07, 6.45) is 2.03. The molecule has 4 rings (SSSR count). The summed E-state index contributed by atoms with van der Waals surface area (Å²) in [4.78, 5) is 19.6. The van der Waals surface area contributed by atoms with Crippen LogP contribution >= 0.6 is 11.3 Å². The van der Waals surface area contributed by atoms with Crippen molar-refractivity contribution in [1.82, 2.24) is 19.7 Å². The third-order valence-corrected chi connectivity index (χ3v) is 5.21. The minimum absolute atomic E-state index is 0.00546. The molecule has 7 heteroatoms. The van der Waals surface area contributed by atoms with Crippen molar-refractivity contribution in [2.75, 3.05) is 11.4 Å². The second kappa shape index (κ2) is 5.42. The van der Waals surface area contributed by atoms with E-state index in [0.717, 1.165) is 40.9 Å². The Morgan fingerprint density at radius 1 is 1.26 bits per heavy atom. The second-order valence-electron chi connectivity index (χ2n) is 5.81. The second-order valence-corrected chi connectivity index (χ2v) is 6.97. The molecule has 0 bridgehead atoms. The van der Waals surface area contributed by atoms with Gasteiger partial charge in [-0.05, 0) is 31.9 Å². The van der Waals surface area contributed by atoms with Crippen LogP contribution < -0.4 is 10.5 Å². The predicted octanol–water partition coefficient (Wildman–Crippen LogP) is 2.43. The molecule has 1 atom stereocenters. The van der Waals surface area contributed by atoms with Gasteiger partial charge >= 0.3 is 0 Å². The molecule has 1 aliphatic heterocycles. The molecule has 1 aromatic carbocycles. The van der Waals surface area contributed by atoms with E-state index in [-0.39, 0.29) is 11.6 Å². The zero-order chi connectivity index (χ0) is 16.0. The van der Waals surface area contributed by atoms with Gasteiger partial charge in [-0.2, -0.15) is 0 Å². The van der Waals surface area contributed by atoms with Crippen molar-refractivity contribution >= 4 is 27.4 Å². The number of hydrogen-bond donors (Lipinski definition) is 0. The van der Waals surface area contributed by atoms with Crippen molar-refractivity contribution < 1.29 is 0 Å². The number of rotatable bonds is 2. The first-order chi connectivity index (χ1) is 11.1. The van der Waals surface area contributed by atoms with Gasteiger partial charge in [-0.3, -0.25) is 9.36 Å². The van der Waals surface area contributed by atoms with Crippen molar-refractivity contribution in [3.63, 3.8) is 0 Å². The van der Waals surface area contributed by atoms with Gasteiger partial charge in [0.2, 0.25) is 5.13 Å². The van der Waals surface area contributed by atoms with Gasteiger partial charge in [0.1, 0.15) is 10.8 Å². The van der Waals surface area contributed by atoms with Crippen LogP contribution in [0, 0.1) is 6.92 Å². The molecular weight excluding hydrogens is 310 g/mol. The maximum Gasteiger partial charge on any atom is 0.261 e. The van der Waals surface area contributed by atoms with Crippen molar-refractivity contribution in [3.8, 4) is 0 Å². The number of para-hydroxylation sites is 1. The molecule has 0 radical (unpaired) electrons. The van der Waals surface area contributed by atoms with Crippen molar-refractivity contribution in [2.24, 2.45) is 7.05 Å². The number of nitrogens with zero attached hydrogens (tertiary/aromatic N) is 5. The lowest BCUT2D eigenvalue weighted by Crippen LogP contribution is -2.30. The topological polar surface area (TPSA) is 63.9 Å². The van der Waals surface area contributed by atoms with Crippen LogP contribution in [0.15, 0.2) is 29.1 Å². The summed E-state index contributed by atoms with van der Waals surface area (Å²) >= 11 is 1.59. The van der Waals surface area contributed by atoms with Gasteiger partial charge in [0.25, 0.3) is 5.56 Å². The Bertz CT molecular complexity index is 932. The molecule has 23 heavy (non-hydrogen) atoms. The van der Waals surface area contributed by atoms with Gasteiger partial charge in [0.15, 0.2) is 0 Å². The number of anilines is 1. The fourth-order valence-electron chi connectivity index (χ4n) is 3.20. The first-order valence-electron chi connectivity index (χ1n) is 7.67. The van der Waals surface area contributed by atoms with E-state index >= 15 is 0 Å². The Hall–Kier alpha value is -2.28. The normalized spacial score (nSPS) is 18.0. The van der Waals surface area contributed by atoms with Crippen molar-refractivity contribution in [2.45, 2.75) is 25.8 Å². The van der Waals surface area contributed by atoms with Gasteiger partial charge < -0.3 is 4.90 Å². The highest BCUT2D eigenvalue weighted by molar-refractivity contribution is 7.15. The quantitative estimate of drug-likeness (QED) is 0.723. The summed E-state index contributed by atoms with van der Waals surface area (Å²) in [5.41, 5.74) is 0.761. The first-order valence-corrected chi connectivity index (χ1v) is 8.49. The third-order valence-electron chi connectivity index (χ3n) is 4.33. The lowest BCUT2D eigenvalue weighted by Gasteiger charge is -2.24. The largest absolute Gasteiger partial charge is 0.336 e. The minimum Gasteiger partial charge on any atom is -0.336 e. The molecule has 1 aliphatic rings. The molecule has 2 aromatic heterocycles. The molecule has 1 fully saturated rings. The fraction of sp³-hybridized carbons (Fsp3) is 0.375. The van der Waals surface area contributed by atoms with E-state index in [2.05, 4.69) is 15.1 Å². The molecule has 0 aliphatic carbocycles. The Balaban J connectivity index is 1.84. The molecule has 1 unspecified atom stereocenters. The van der Waals surface area contributed by atoms with E-state index < -0.39 is 0 Å². The number of hydrogen-bond acceptors (Lipinski definition) is 6. The lowest BCUT2D eigenvalue weighted by atomic mass is 10.2. The molecule has 3 heterocycles. The van der Waals surface area contributed by atoms with Crippen LogP contribution in [-0.2, 0) is 7.05 Å². The SMILES string of the molecule is Cc1nnc(N2CCCC2c2nc3ccccc3c(=O)n2C)s1. The molecule has 118 valence electrons. The van der Waals surface area contributed by atoms with Gasteiger partial charge in [-0.25, -0.2) is 4.98 Å². The molecule has 1 saturated heterocycles. The summed E-state index contributed by atoms with van der Waals surface area (Å²) < 4.78 is 1.68. The van der Waals surface area contributed by atoms with E-state index in [4.69, 9.17) is 4.98 Å². The Morgan fingerprint density at radius 3 is 2.87 bits per heavy atom.